The lowest BCUT2D eigenvalue weighted by molar-refractivity contribution is -0.117. The van der Waals surface area contributed by atoms with E-state index in [0.29, 0.717) is 19.1 Å². The van der Waals surface area contributed by atoms with Gasteiger partial charge in [-0.05, 0) is 57.2 Å². The first-order valence-electron chi connectivity index (χ1n) is 10.3. The molecule has 8 heteroatoms. The number of hydrogen-bond acceptors (Lipinski definition) is 6. The van der Waals surface area contributed by atoms with Crippen LogP contribution in [0.3, 0.4) is 0 Å². The molecule has 0 bridgehead atoms. The Kier molecular flexibility index (Phi) is 6.25. The molecule has 0 saturated carbocycles. The van der Waals surface area contributed by atoms with Crippen molar-refractivity contribution in [1.82, 2.24) is 19.5 Å². The summed E-state index contributed by atoms with van der Waals surface area (Å²) < 4.78 is 6.81. The van der Waals surface area contributed by atoms with Gasteiger partial charge in [-0.15, -0.1) is 5.10 Å². The molecule has 1 amide bonds. The summed E-state index contributed by atoms with van der Waals surface area (Å²) in [5.41, 5.74) is 3.35. The zero-order valence-corrected chi connectivity index (χ0v) is 17.5. The first kappa shape index (κ1) is 20.3. The molecule has 1 aliphatic rings. The van der Waals surface area contributed by atoms with Gasteiger partial charge in [0.25, 0.3) is 0 Å². The van der Waals surface area contributed by atoms with Crippen LogP contribution in [0.1, 0.15) is 19.3 Å². The minimum atomic E-state index is -0.0742. The summed E-state index contributed by atoms with van der Waals surface area (Å²) in [5, 5.41) is 11.3. The van der Waals surface area contributed by atoms with Gasteiger partial charge in [0.05, 0.1) is 24.9 Å². The van der Waals surface area contributed by atoms with Gasteiger partial charge in [-0.2, -0.15) is 0 Å². The maximum Gasteiger partial charge on any atom is 0.226 e. The Morgan fingerprint density at radius 3 is 2.87 bits per heavy atom. The molecule has 2 aromatic heterocycles. The molecule has 0 unspecified atom stereocenters. The van der Waals surface area contributed by atoms with E-state index in [1.165, 1.54) is 0 Å². The Balaban J connectivity index is 1.54. The number of anilines is 2. The number of ether oxygens (including phenoxy) is 1. The van der Waals surface area contributed by atoms with Crippen molar-refractivity contribution in [3.8, 4) is 11.3 Å². The van der Waals surface area contributed by atoms with Crippen LogP contribution in [0.2, 0.25) is 0 Å². The van der Waals surface area contributed by atoms with Crippen molar-refractivity contribution < 1.29 is 9.53 Å². The van der Waals surface area contributed by atoms with Crippen molar-refractivity contribution >= 4 is 23.1 Å². The number of likely N-dealkylation sites (tertiary alicyclic amines) is 1. The molecule has 8 nitrogen and oxygen atoms in total. The van der Waals surface area contributed by atoms with Crippen LogP contribution in [0.4, 0.5) is 11.5 Å². The van der Waals surface area contributed by atoms with Crippen LogP contribution >= 0.6 is 0 Å². The standard InChI is InChI=1S/C22H28N6O2/c1-27-11-8-17(9-12-27)24-20-6-7-21-23-15-19(28(21)26-20)16-4-3-5-18(14-16)25-22(29)10-13-30-2/h3-7,14-15,17H,8-13H2,1-2H3,(H,24,26)(H,25,29). The molecule has 2 N–H and O–H groups in total. The number of rotatable bonds is 7. The summed E-state index contributed by atoms with van der Waals surface area (Å²) in [4.78, 5) is 18.8. The number of imidazole rings is 1. The molecule has 1 aromatic carbocycles. The van der Waals surface area contributed by atoms with Gasteiger partial charge in [0.2, 0.25) is 5.91 Å². The monoisotopic (exact) mass is 408 g/mol. The first-order valence-corrected chi connectivity index (χ1v) is 10.3. The van der Waals surface area contributed by atoms with Crippen molar-refractivity contribution in [3.63, 3.8) is 0 Å². The van der Waals surface area contributed by atoms with Crippen LogP contribution in [0.15, 0.2) is 42.6 Å². The van der Waals surface area contributed by atoms with E-state index in [2.05, 4.69) is 27.6 Å². The van der Waals surface area contributed by atoms with E-state index in [4.69, 9.17) is 9.84 Å². The highest BCUT2D eigenvalue weighted by atomic mass is 16.5. The molecule has 1 fully saturated rings. The predicted molar refractivity (Wildman–Crippen MR) is 118 cm³/mol. The van der Waals surface area contributed by atoms with Gasteiger partial charge in [0, 0.05) is 24.4 Å². The van der Waals surface area contributed by atoms with Gasteiger partial charge in [-0.1, -0.05) is 12.1 Å². The molecule has 0 spiro atoms. The third-order valence-electron chi connectivity index (χ3n) is 5.41. The Bertz CT molecular complexity index is 1010. The lowest BCUT2D eigenvalue weighted by Gasteiger charge is -2.29. The average Bonchev–Trinajstić information content (AvgIpc) is 3.17. The van der Waals surface area contributed by atoms with Crippen LogP contribution in [0, 0.1) is 0 Å². The van der Waals surface area contributed by atoms with Gasteiger partial charge >= 0.3 is 0 Å². The average molecular weight is 409 g/mol. The Hall–Kier alpha value is -2.97. The second-order valence-corrected chi connectivity index (χ2v) is 7.73. The van der Waals surface area contributed by atoms with E-state index in [1.807, 2.05) is 47.1 Å². The molecule has 0 aliphatic carbocycles. The normalized spacial score (nSPS) is 15.4. The number of carbonyl (C=O) groups is 1. The zero-order valence-electron chi connectivity index (χ0n) is 17.5. The van der Waals surface area contributed by atoms with Crippen molar-refractivity contribution in [1.29, 1.82) is 0 Å². The smallest absolute Gasteiger partial charge is 0.226 e. The van der Waals surface area contributed by atoms with Crippen molar-refractivity contribution in [3.05, 3.63) is 42.6 Å². The second kappa shape index (κ2) is 9.23. The SMILES string of the molecule is COCCC(=O)Nc1cccc(-c2cnc3ccc(NC4CCN(C)CC4)nn23)c1. The first-order chi connectivity index (χ1) is 14.6. The van der Waals surface area contributed by atoms with E-state index in [-0.39, 0.29) is 5.91 Å². The van der Waals surface area contributed by atoms with Crippen LogP contribution in [0.25, 0.3) is 16.9 Å². The largest absolute Gasteiger partial charge is 0.384 e. The fourth-order valence-corrected chi connectivity index (χ4v) is 3.68. The van der Waals surface area contributed by atoms with Crippen LogP contribution in [0.5, 0.6) is 0 Å². The summed E-state index contributed by atoms with van der Waals surface area (Å²) in [5.74, 6) is 0.773. The van der Waals surface area contributed by atoms with E-state index in [0.717, 1.165) is 54.3 Å². The number of aromatic nitrogens is 3. The number of hydrogen-bond donors (Lipinski definition) is 2. The van der Waals surface area contributed by atoms with E-state index < -0.39 is 0 Å². The minimum Gasteiger partial charge on any atom is -0.384 e. The fourth-order valence-electron chi connectivity index (χ4n) is 3.68. The number of amides is 1. The molecule has 30 heavy (non-hydrogen) atoms. The Morgan fingerprint density at radius 2 is 2.07 bits per heavy atom. The summed E-state index contributed by atoms with van der Waals surface area (Å²) in [6.07, 6.45) is 4.35. The van der Waals surface area contributed by atoms with E-state index in [9.17, 15) is 4.79 Å². The summed E-state index contributed by atoms with van der Waals surface area (Å²) >= 11 is 0. The molecule has 0 radical (unpaired) electrons. The van der Waals surface area contributed by atoms with Gasteiger partial charge in [0.15, 0.2) is 5.65 Å². The van der Waals surface area contributed by atoms with Crippen molar-refractivity contribution in [2.45, 2.75) is 25.3 Å². The number of piperidine rings is 1. The maximum absolute atomic E-state index is 12.0. The Labute approximate surface area is 176 Å². The third-order valence-corrected chi connectivity index (χ3v) is 5.41. The topological polar surface area (TPSA) is 83.8 Å². The molecule has 0 atom stereocenters. The quantitative estimate of drug-likeness (QED) is 0.625. The van der Waals surface area contributed by atoms with Crippen molar-refractivity contribution in [2.75, 3.05) is 44.5 Å². The maximum atomic E-state index is 12.0. The van der Waals surface area contributed by atoms with Crippen molar-refractivity contribution in [2.24, 2.45) is 0 Å². The minimum absolute atomic E-state index is 0.0742. The summed E-state index contributed by atoms with van der Waals surface area (Å²) in [7, 11) is 3.74. The van der Waals surface area contributed by atoms with Gasteiger partial charge in [-0.25, -0.2) is 9.50 Å². The molecule has 4 rings (SSSR count). The number of methoxy groups -OCH3 is 1. The molecular weight excluding hydrogens is 380 g/mol. The number of benzene rings is 1. The van der Waals surface area contributed by atoms with Crippen LogP contribution < -0.4 is 10.6 Å². The molecule has 1 aliphatic heterocycles. The highest BCUT2D eigenvalue weighted by molar-refractivity contribution is 5.91. The lowest BCUT2D eigenvalue weighted by atomic mass is 10.1. The van der Waals surface area contributed by atoms with Gasteiger partial charge in [-0.3, -0.25) is 4.79 Å². The second-order valence-electron chi connectivity index (χ2n) is 7.73. The third kappa shape index (κ3) is 4.77. The summed E-state index contributed by atoms with van der Waals surface area (Å²) in [6, 6.07) is 12.1. The fraction of sp³-hybridized carbons (Fsp3) is 0.409. The highest BCUT2D eigenvalue weighted by Gasteiger charge is 2.17. The van der Waals surface area contributed by atoms with Crippen LogP contribution in [-0.2, 0) is 9.53 Å². The van der Waals surface area contributed by atoms with Crippen LogP contribution in [-0.4, -0.2) is 65.3 Å². The number of fused-ring (bicyclic) bond motifs is 1. The molecular formula is C22H28N6O2. The van der Waals surface area contributed by atoms with Gasteiger partial charge < -0.3 is 20.3 Å². The van der Waals surface area contributed by atoms with E-state index >= 15 is 0 Å². The number of nitrogens with zero attached hydrogens (tertiary/aromatic N) is 4. The molecule has 3 heterocycles. The predicted octanol–water partition coefficient (Wildman–Crippen LogP) is 2.88. The highest BCUT2D eigenvalue weighted by Crippen LogP contribution is 2.24. The van der Waals surface area contributed by atoms with Gasteiger partial charge in [0.1, 0.15) is 5.82 Å². The lowest BCUT2D eigenvalue weighted by Crippen LogP contribution is -2.36. The molecule has 1 saturated heterocycles. The summed E-state index contributed by atoms with van der Waals surface area (Å²) in [6.45, 7) is 2.59. The molecule has 3 aromatic rings. The number of carbonyl (C=O) groups excluding carboxylic acids is 1. The Morgan fingerprint density at radius 1 is 1.23 bits per heavy atom. The molecule has 158 valence electrons. The number of nitrogens with one attached hydrogen (secondary N) is 2. The van der Waals surface area contributed by atoms with E-state index in [1.54, 1.807) is 7.11 Å². The zero-order chi connectivity index (χ0) is 20.9.